The van der Waals surface area contributed by atoms with Crippen molar-refractivity contribution in [3.05, 3.63) is 0 Å². The van der Waals surface area contributed by atoms with Gasteiger partial charge in [-0.3, -0.25) is 4.79 Å². The summed E-state index contributed by atoms with van der Waals surface area (Å²) in [7, 11) is 1.30. The standard InChI is InChI=1S/C10H18O5.Na/c1-15-10(14)7-6-8(11)4-2-3-5-9(12)13;/h8,11H,2-7H2,1H3,(H,12,13);/q;+1/p-1. The van der Waals surface area contributed by atoms with Gasteiger partial charge in [0, 0.05) is 12.4 Å². The summed E-state index contributed by atoms with van der Waals surface area (Å²) in [5.74, 6) is -1.41. The topological polar surface area (TPSA) is 86.7 Å². The number of aliphatic hydroxyl groups excluding tert-OH is 1. The predicted octanol–water partition coefficient (Wildman–Crippen LogP) is -3.39. The van der Waals surface area contributed by atoms with Crippen molar-refractivity contribution in [1.82, 2.24) is 0 Å². The third kappa shape index (κ3) is 12.0. The van der Waals surface area contributed by atoms with E-state index < -0.39 is 12.1 Å². The summed E-state index contributed by atoms with van der Waals surface area (Å²) < 4.78 is 4.42. The first kappa shape index (κ1) is 18.3. The third-order valence-corrected chi connectivity index (χ3v) is 2.08. The Balaban J connectivity index is 0. The number of carboxylic acid groups (broad SMARTS) is 1. The Kier molecular flexibility index (Phi) is 13.0. The maximum Gasteiger partial charge on any atom is 1.00 e. The third-order valence-electron chi connectivity index (χ3n) is 2.08. The maximum absolute atomic E-state index is 10.7. The van der Waals surface area contributed by atoms with Crippen LogP contribution in [0, 0.1) is 0 Å². The van der Waals surface area contributed by atoms with Gasteiger partial charge >= 0.3 is 35.5 Å². The second kappa shape index (κ2) is 11.4. The van der Waals surface area contributed by atoms with Crippen molar-refractivity contribution in [2.75, 3.05) is 7.11 Å². The van der Waals surface area contributed by atoms with Crippen LogP contribution in [0.25, 0.3) is 0 Å². The van der Waals surface area contributed by atoms with Crippen molar-refractivity contribution in [1.29, 1.82) is 0 Å². The molecule has 0 bridgehead atoms. The molecule has 5 nitrogen and oxygen atoms in total. The zero-order valence-electron chi connectivity index (χ0n) is 9.90. The summed E-state index contributed by atoms with van der Waals surface area (Å²) in [6.07, 6.45) is 1.63. The van der Waals surface area contributed by atoms with Crippen LogP contribution in [0.1, 0.15) is 38.5 Å². The zero-order chi connectivity index (χ0) is 11.7. The number of hydrogen-bond acceptors (Lipinski definition) is 5. The van der Waals surface area contributed by atoms with E-state index in [1.54, 1.807) is 0 Å². The largest absolute Gasteiger partial charge is 1.00 e. The minimum absolute atomic E-state index is 0. The summed E-state index contributed by atoms with van der Waals surface area (Å²) in [5, 5.41) is 19.5. The fourth-order valence-corrected chi connectivity index (χ4v) is 1.18. The second-order valence-corrected chi connectivity index (χ2v) is 3.39. The van der Waals surface area contributed by atoms with Gasteiger partial charge in [0.25, 0.3) is 0 Å². The van der Waals surface area contributed by atoms with Gasteiger partial charge < -0.3 is 19.7 Å². The van der Waals surface area contributed by atoms with Gasteiger partial charge in [0.1, 0.15) is 0 Å². The van der Waals surface area contributed by atoms with Crippen molar-refractivity contribution in [3.8, 4) is 0 Å². The molecule has 0 saturated heterocycles. The second-order valence-electron chi connectivity index (χ2n) is 3.39. The van der Waals surface area contributed by atoms with Gasteiger partial charge in [0.05, 0.1) is 13.2 Å². The molecule has 0 saturated carbocycles. The number of carbonyl (C=O) groups excluding carboxylic acids is 2. The molecule has 0 radical (unpaired) electrons. The molecule has 0 amide bonds. The van der Waals surface area contributed by atoms with Crippen LogP contribution in [0.15, 0.2) is 0 Å². The number of esters is 1. The van der Waals surface area contributed by atoms with Gasteiger partial charge in [-0.25, -0.2) is 0 Å². The molecule has 0 aliphatic carbocycles. The van der Waals surface area contributed by atoms with E-state index in [9.17, 15) is 19.8 Å². The molecule has 0 aromatic carbocycles. The van der Waals surface area contributed by atoms with Crippen molar-refractivity contribution >= 4 is 11.9 Å². The van der Waals surface area contributed by atoms with Crippen LogP contribution in [0.3, 0.4) is 0 Å². The quantitative estimate of drug-likeness (QED) is 0.272. The number of methoxy groups -OCH3 is 1. The monoisotopic (exact) mass is 240 g/mol. The van der Waals surface area contributed by atoms with Crippen LogP contribution in [0.4, 0.5) is 0 Å². The number of unbranched alkanes of at least 4 members (excludes halogenated alkanes) is 1. The number of rotatable bonds is 8. The summed E-state index contributed by atoms with van der Waals surface area (Å²) in [6, 6.07) is 0. The van der Waals surface area contributed by atoms with E-state index in [-0.39, 0.29) is 48.4 Å². The predicted molar refractivity (Wildman–Crippen MR) is 50.7 cm³/mol. The maximum atomic E-state index is 10.7. The number of carboxylic acids is 1. The molecule has 0 aliphatic rings. The Labute approximate surface area is 117 Å². The first-order valence-electron chi connectivity index (χ1n) is 5.01. The average molecular weight is 240 g/mol. The Morgan fingerprint density at radius 2 is 1.88 bits per heavy atom. The molecule has 0 aromatic rings. The van der Waals surface area contributed by atoms with E-state index in [1.807, 2.05) is 0 Å². The molecule has 0 rings (SSSR count). The number of carbonyl (C=O) groups is 2. The molecule has 88 valence electrons. The van der Waals surface area contributed by atoms with Gasteiger partial charge in [0.15, 0.2) is 0 Å². The number of aliphatic carboxylic acids is 1. The fraction of sp³-hybridized carbons (Fsp3) is 0.800. The summed E-state index contributed by atoms with van der Waals surface area (Å²) in [5.41, 5.74) is 0. The molecule has 16 heavy (non-hydrogen) atoms. The molecule has 0 spiro atoms. The molecule has 1 N–H and O–H groups in total. The number of aliphatic hydroxyl groups is 1. The summed E-state index contributed by atoms with van der Waals surface area (Å²) >= 11 is 0. The van der Waals surface area contributed by atoms with E-state index in [4.69, 9.17) is 0 Å². The van der Waals surface area contributed by atoms with Crippen LogP contribution < -0.4 is 34.7 Å². The Bertz CT molecular complexity index is 207. The molecule has 0 heterocycles. The Morgan fingerprint density at radius 1 is 1.25 bits per heavy atom. The van der Waals surface area contributed by atoms with Gasteiger partial charge in [-0.15, -0.1) is 0 Å². The first-order valence-corrected chi connectivity index (χ1v) is 5.01. The zero-order valence-corrected chi connectivity index (χ0v) is 11.9. The van der Waals surface area contributed by atoms with E-state index in [0.29, 0.717) is 25.7 Å². The van der Waals surface area contributed by atoms with Crippen LogP contribution in [0.5, 0.6) is 0 Å². The van der Waals surface area contributed by atoms with Gasteiger partial charge in [-0.05, 0) is 25.7 Å². The SMILES string of the molecule is COC(=O)CCC(O)CCCCC(=O)[O-].[Na+]. The molecule has 1 unspecified atom stereocenters. The minimum Gasteiger partial charge on any atom is -0.550 e. The van der Waals surface area contributed by atoms with Crippen LogP contribution in [0.2, 0.25) is 0 Å². The summed E-state index contributed by atoms with van der Waals surface area (Å²) in [6.45, 7) is 0. The van der Waals surface area contributed by atoms with Gasteiger partial charge in [0.2, 0.25) is 0 Å². The van der Waals surface area contributed by atoms with Crippen LogP contribution in [-0.4, -0.2) is 30.3 Å². The molecule has 1 atom stereocenters. The minimum atomic E-state index is -1.07. The number of hydrogen-bond donors (Lipinski definition) is 1. The Hall–Kier alpha value is -0.100. The smallest absolute Gasteiger partial charge is 0.550 e. The van der Waals surface area contributed by atoms with Crippen molar-refractivity contribution < 1.29 is 54.1 Å². The molecular weight excluding hydrogens is 223 g/mol. The van der Waals surface area contributed by atoms with E-state index in [0.717, 1.165) is 0 Å². The van der Waals surface area contributed by atoms with E-state index in [2.05, 4.69) is 4.74 Å². The Morgan fingerprint density at radius 3 is 2.38 bits per heavy atom. The normalized spacial score (nSPS) is 11.4. The number of ether oxygens (including phenoxy) is 1. The molecule has 0 aliphatic heterocycles. The summed E-state index contributed by atoms with van der Waals surface area (Å²) in [4.78, 5) is 20.8. The molecular formula is C10H17NaO5. The first-order chi connectivity index (χ1) is 7.06. The fourth-order valence-electron chi connectivity index (χ4n) is 1.18. The van der Waals surface area contributed by atoms with E-state index >= 15 is 0 Å². The van der Waals surface area contributed by atoms with Crippen molar-refractivity contribution in [3.63, 3.8) is 0 Å². The van der Waals surface area contributed by atoms with Gasteiger partial charge in [-0.2, -0.15) is 0 Å². The molecule has 0 fully saturated rings. The van der Waals surface area contributed by atoms with Gasteiger partial charge in [-0.1, -0.05) is 6.42 Å². The van der Waals surface area contributed by atoms with Crippen LogP contribution >= 0.6 is 0 Å². The molecule has 6 heteroatoms. The average Bonchev–Trinajstić information content (AvgIpc) is 2.20. The van der Waals surface area contributed by atoms with Crippen molar-refractivity contribution in [2.24, 2.45) is 0 Å². The van der Waals surface area contributed by atoms with Crippen LogP contribution in [-0.2, 0) is 14.3 Å². The van der Waals surface area contributed by atoms with E-state index in [1.165, 1.54) is 7.11 Å². The van der Waals surface area contributed by atoms with Crippen molar-refractivity contribution in [2.45, 2.75) is 44.6 Å². The molecule has 0 aromatic heterocycles.